The molecule has 5 nitrogen and oxygen atoms in total. The largest absolute Gasteiger partial charge is 0.395 e. The molecule has 0 aliphatic carbocycles. The number of likely N-dealkylation sites (tertiary alicyclic amines) is 1. The monoisotopic (exact) mass is 343 g/mol. The third kappa shape index (κ3) is 4.59. The lowest BCUT2D eigenvalue weighted by molar-refractivity contribution is -0.121. The Morgan fingerprint density at radius 2 is 2.20 bits per heavy atom. The average molecular weight is 343 g/mol. The first kappa shape index (κ1) is 19.4. The summed E-state index contributed by atoms with van der Waals surface area (Å²) in [4.78, 5) is 16.9. The minimum atomic E-state index is -0.00324. The number of carbonyl (C=O) groups is 1. The summed E-state index contributed by atoms with van der Waals surface area (Å²) in [6.07, 6.45) is 2.44. The number of rotatable bonds is 6. The van der Waals surface area contributed by atoms with Gasteiger partial charge in [0.05, 0.1) is 25.6 Å². The van der Waals surface area contributed by atoms with Crippen molar-refractivity contribution >= 4 is 11.6 Å². The summed E-state index contributed by atoms with van der Waals surface area (Å²) in [6.45, 7) is 7.77. The molecule has 1 N–H and O–H groups in total. The Bertz CT molecular complexity index is 638. The fourth-order valence-corrected chi connectivity index (χ4v) is 3.65. The number of nitriles is 1. The number of carbonyl (C=O) groups excluding carboxylic acids is 1. The van der Waals surface area contributed by atoms with Crippen LogP contribution in [0.1, 0.15) is 37.3 Å². The molecule has 1 aromatic carbocycles. The molecule has 136 valence electrons. The first-order valence-corrected chi connectivity index (χ1v) is 9.08. The Morgan fingerprint density at radius 1 is 1.44 bits per heavy atom. The standard InChI is InChI=1S/C20H29N3O2/c1-15-7-4-9-18(17(15)3)23(12-6-10-21)20(25)13-22-11-5-8-16(2)19(22)14-24/h4,7,9,16,19,24H,5-6,8,11-14H2,1-3H3. The van der Waals surface area contributed by atoms with E-state index in [9.17, 15) is 9.90 Å². The van der Waals surface area contributed by atoms with Gasteiger partial charge < -0.3 is 10.0 Å². The van der Waals surface area contributed by atoms with Crippen LogP contribution in [0.2, 0.25) is 0 Å². The van der Waals surface area contributed by atoms with Crippen molar-refractivity contribution in [2.24, 2.45) is 5.92 Å². The van der Waals surface area contributed by atoms with Gasteiger partial charge in [0.2, 0.25) is 5.91 Å². The van der Waals surface area contributed by atoms with Crippen molar-refractivity contribution in [3.63, 3.8) is 0 Å². The first-order chi connectivity index (χ1) is 12.0. The Morgan fingerprint density at radius 3 is 2.88 bits per heavy atom. The summed E-state index contributed by atoms with van der Waals surface area (Å²) in [6, 6.07) is 8.10. The van der Waals surface area contributed by atoms with Crippen molar-refractivity contribution in [1.82, 2.24) is 4.90 Å². The van der Waals surface area contributed by atoms with Gasteiger partial charge in [-0.1, -0.05) is 19.1 Å². The highest BCUT2D eigenvalue weighted by Crippen LogP contribution is 2.26. The third-order valence-corrected chi connectivity index (χ3v) is 5.37. The van der Waals surface area contributed by atoms with Crippen LogP contribution in [0.25, 0.3) is 0 Å². The molecule has 0 spiro atoms. The lowest BCUT2D eigenvalue weighted by atomic mass is 9.91. The van der Waals surface area contributed by atoms with Gasteiger partial charge >= 0.3 is 0 Å². The summed E-state index contributed by atoms with van der Waals surface area (Å²) in [5.74, 6) is 0.385. The Balaban J connectivity index is 2.21. The number of piperidine rings is 1. The second-order valence-electron chi connectivity index (χ2n) is 7.01. The number of amides is 1. The number of aliphatic hydroxyl groups is 1. The summed E-state index contributed by atoms with van der Waals surface area (Å²) in [5, 5.41) is 18.7. The molecule has 0 radical (unpaired) electrons. The molecule has 0 bridgehead atoms. The molecule has 1 aliphatic heterocycles. The Labute approximate surface area is 150 Å². The molecule has 1 aromatic rings. The summed E-state index contributed by atoms with van der Waals surface area (Å²) >= 11 is 0. The van der Waals surface area contributed by atoms with Gasteiger partial charge in [0.1, 0.15) is 0 Å². The fraction of sp³-hybridized carbons (Fsp3) is 0.600. The fourth-order valence-electron chi connectivity index (χ4n) is 3.65. The first-order valence-electron chi connectivity index (χ1n) is 9.08. The molecular weight excluding hydrogens is 314 g/mol. The minimum Gasteiger partial charge on any atom is -0.395 e. The summed E-state index contributed by atoms with van der Waals surface area (Å²) in [5.41, 5.74) is 3.08. The predicted octanol–water partition coefficient (Wildman–Crippen LogP) is 2.64. The maximum absolute atomic E-state index is 13.0. The number of nitrogens with zero attached hydrogens (tertiary/aromatic N) is 3. The van der Waals surface area contributed by atoms with Crippen LogP contribution in [0.3, 0.4) is 0 Å². The van der Waals surface area contributed by atoms with Crippen molar-refractivity contribution in [2.45, 2.75) is 46.1 Å². The van der Waals surface area contributed by atoms with Gasteiger partial charge in [0.25, 0.3) is 0 Å². The van der Waals surface area contributed by atoms with Crippen LogP contribution < -0.4 is 4.90 Å². The number of hydrogen-bond donors (Lipinski definition) is 1. The average Bonchev–Trinajstić information content (AvgIpc) is 2.59. The lowest BCUT2D eigenvalue weighted by Gasteiger charge is -2.39. The summed E-state index contributed by atoms with van der Waals surface area (Å²) < 4.78 is 0. The molecule has 1 aliphatic rings. The molecule has 0 aromatic heterocycles. The van der Waals surface area contributed by atoms with Crippen LogP contribution in [0.4, 0.5) is 5.69 Å². The number of aliphatic hydroxyl groups excluding tert-OH is 1. The normalized spacial score (nSPS) is 20.9. The topological polar surface area (TPSA) is 67.6 Å². The minimum absolute atomic E-state index is 0.00324. The molecule has 2 unspecified atom stereocenters. The highest BCUT2D eigenvalue weighted by Gasteiger charge is 2.30. The molecule has 1 fully saturated rings. The molecule has 1 amide bonds. The molecule has 0 saturated carbocycles. The number of benzene rings is 1. The van der Waals surface area contributed by atoms with Crippen LogP contribution in [0, 0.1) is 31.1 Å². The van der Waals surface area contributed by atoms with E-state index in [1.54, 1.807) is 4.90 Å². The molecule has 1 saturated heterocycles. The summed E-state index contributed by atoms with van der Waals surface area (Å²) in [7, 11) is 0. The van der Waals surface area contributed by atoms with Gasteiger partial charge in [-0.05, 0) is 56.3 Å². The Hall–Kier alpha value is -1.90. The lowest BCUT2D eigenvalue weighted by Crippen LogP contribution is -2.51. The van der Waals surface area contributed by atoms with E-state index in [-0.39, 0.29) is 25.1 Å². The molecule has 2 atom stereocenters. The smallest absolute Gasteiger partial charge is 0.241 e. The van der Waals surface area contributed by atoms with Gasteiger partial charge in [-0.25, -0.2) is 0 Å². The molecule has 1 heterocycles. The van der Waals surface area contributed by atoms with Gasteiger partial charge in [-0.3, -0.25) is 9.69 Å². The van der Waals surface area contributed by atoms with Crippen LogP contribution in [-0.4, -0.2) is 48.2 Å². The van der Waals surface area contributed by atoms with Crippen LogP contribution >= 0.6 is 0 Å². The van der Waals surface area contributed by atoms with E-state index in [4.69, 9.17) is 5.26 Å². The van der Waals surface area contributed by atoms with Crippen molar-refractivity contribution in [3.8, 4) is 6.07 Å². The molecule has 5 heteroatoms. The van der Waals surface area contributed by atoms with Crippen LogP contribution in [0.15, 0.2) is 18.2 Å². The van der Waals surface area contributed by atoms with Crippen molar-refractivity contribution in [1.29, 1.82) is 5.26 Å². The van der Waals surface area contributed by atoms with E-state index in [1.807, 2.05) is 32.0 Å². The zero-order chi connectivity index (χ0) is 18.4. The Kier molecular flexibility index (Phi) is 6.98. The number of hydrogen-bond acceptors (Lipinski definition) is 4. The van der Waals surface area contributed by atoms with E-state index in [0.717, 1.165) is 36.2 Å². The van der Waals surface area contributed by atoms with Gasteiger partial charge in [-0.15, -0.1) is 0 Å². The van der Waals surface area contributed by atoms with Gasteiger partial charge in [-0.2, -0.15) is 5.26 Å². The highest BCUT2D eigenvalue weighted by atomic mass is 16.3. The second kappa shape index (κ2) is 8.98. The van der Waals surface area contributed by atoms with Crippen molar-refractivity contribution in [2.75, 3.05) is 31.1 Å². The van der Waals surface area contributed by atoms with E-state index in [2.05, 4.69) is 17.9 Å². The van der Waals surface area contributed by atoms with Crippen molar-refractivity contribution in [3.05, 3.63) is 29.3 Å². The number of aryl methyl sites for hydroxylation is 1. The maximum atomic E-state index is 13.0. The SMILES string of the molecule is Cc1cccc(N(CCC#N)C(=O)CN2CCCC(C)C2CO)c1C. The van der Waals surface area contributed by atoms with E-state index >= 15 is 0 Å². The third-order valence-electron chi connectivity index (χ3n) is 5.37. The van der Waals surface area contributed by atoms with Crippen LogP contribution in [-0.2, 0) is 4.79 Å². The van der Waals surface area contributed by atoms with Crippen molar-refractivity contribution < 1.29 is 9.90 Å². The quantitative estimate of drug-likeness (QED) is 0.862. The van der Waals surface area contributed by atoms with E-state index < -0.39 is 0 Å². The zero-order valence-electron chi connectivity index (χ0n) is 15.5. The molecule has 2 rings (SSSR count). The number of anilines is 1. The predicted molar refractivity (Wildman–Crippen MR) is 99.3 cm³/mol. The zero-order valence-corrected chi connectivity index (χ0v) is 15.5. The van der Waals surface area contributed by atoms with Gasteiger partial charge in [0, 0.05) is 18.3 Å². The van der Waals surface area contributed by atoms with Gasteiger partial charge in [0.15, 0.2) is 0 Å². The highest BCUT2D eigenvalue weighted by molar-refractivity contribution is 5.95. The van der Waals surface area contributed by atoms with E-state index in [1.165, 1.54) is 0 Å². The molecular formula is C20H29N3O2. The van der Waals surface area contributed by atoms with E-state index in [0.29, 0.717) is 18.9 Å². The van der Waals surface area contributed by atoms with Crippen LogP contribution in [0.5, 0.6) is 0 Å². The maximum Gasteiger partial charge on any atom is 0.241 e. The molecule has 25 heavy (non-hydrogen) atoms. The second-order valence-corrected chi connectivity index (χ2v) is 7.01.